The number of aryl methyl sites for hydroxylation is 2. The highest BCUT2D eigenvalue weighted by atomic mass is 16.7. The summed E-state index contributed by atoms with van der Waals surface area (Å²) in [5.41, 5.74) is 3.18. The number of fused-ring (bicyclic) bond motifs is 1. The van der Waals surface area contributed by atoms with Gasteiger partial charge in [-0.05, 0) is 56.4 Å². The van der Waals surface area contributed by atoms with E-state index < -0.39 is 6.16 Å². The van der Waals surface area contributed by atoms with Gasteiger partial charge < -0.3 is 18.9 Å². The molecule has 28 heavy (non-hydrogen) atoms. The van der Waals surface area contributed by atoms with Crippen molar-refractivity contribution in [2.75, 3.05) is 6.61 Å². The van der Waals surface area contributed by atoms with E-state index in [1.54, 1.807) is 0 Å². The largest absolute Gasteiger partial charge is 0.508 e. The Morgan fingerprint density at radius 2 is 2.07 bits per heavy atom. The maximum absolute atomic E-state index is 12.9. The van der Waals surface area contributed by atoms with E-state index in [1.807, 2.05) is 26.8 Å². The molecule has 0 bridgehead atoms. The fraction of sp³-hybridized carbons (Fsp3) is 0.455. The average molecular weight is 386 g/mol. The highest BCUT2D eigenvalue weighted by Gasteiger charge is 2.42. The van der Waals surface area contributed by atoms with Crippen LogP contribution in [0.15, 0.2) is 36.8 Å². The molecule has 1 heterocycles. The molecule has 150 valence electrons. The smallest absolute Gasteiger partial charge is 0.493 e. The molecule has 1 aromatic rings. The molecule has 2 aliphatic rings. The summed E-state index contributed by atoms with van der Waals surface area (Å²) in [5, 5.41) is 0. The zero-order valence-electron chi connectivity index (χ0n) is 16.5. The number of benzene rings is 1. The molecule has 3 rings (SSSR count). The van der Waals surface area contributed by atoms with Gasteiger partial charge in [0.2, 0.25) is 11.5 Å². The van der Waals surface area contributed by atoms with E-state index in [0.29, 0.717) is 25.0 Å². The summed E-state index contributed by atoms with van der Waals surface area (Å²) in [6.07, 6.45) is 3.07. The fourth-order valence-electron chi connectivity index (χ4n) is 3.64. The fourth-order valence-corrected chi connectivity index (χ4v) is 3.64. The van der Waals surface area contributed by atoms with Crippen LogP contribution in [0.2, 0.25) is 0 Å². The number of carbonyl (C=O) groups is 2. The first-order valence-electron chi connectivity index (χ1n) is 9.49. The number of carbonyl (C=O) groups excluding carboxylic acids is 2. The average Bonchev–Trinajstić information content (AvgIpc) is 2.66. The van der Waals surface area contributed by atoms with Gasteiger partial charge in [-0.3, -0.25) is 4.79 Å². The van der Waals surface area contributed by atoms with Gasteiger partial charge in [-0.15, -0.1) is 0 Å². The van der Waals surface area contributed by atoms with E-state index >= 15 is 0 Å². The van der Waals surface area contributed by atoms with Crippen molar-refractivity contribution in [1.29, 1.82) is 0 Å². The lowest BCUT2D eigenvalue weighted by atomic mass is 9.80. The lowest BCUT2D eigenvalue weighted by Gasteiger charge is -2.36. The van der Waals surface area contributed by atoms with Crippen LogP contribution in [-0.4, -0.2) is 30.8 Å². The SMILES string of the molecule is C=CCOC(=O)OC1CCC2C(=O)C(Oc3cc(C)cc(C)c3C)=COC2C1. The molecule has 0 aromatic heterocycles. The second kappa shape index (κ2) is 8.50. The van der Waals surface area contributed by atoms with Crippen LogP contribution >= 0.6 is 0 Å². The first kappa shape index (κ1) is 20.0. The molecule has 6 heteroatoms. The van der Waals surface area contributed by atoms with Gasteiger partial charge in [-0.1, -0.05) is 18.7 Å². The summed E-state index contributed by atoms with van der Waals surface area (Å²) in [7, 11) is 0. The quantitative estimate of drug-likeness (QED) is 0.555. The highest BCUT2D eigenvalue weighted by Crippen LogP contribution is 2.36. The molecule has 0 spiro atoms. The predicted octanol–water partition coefficient (Wildman–Crippen LogP) is 4.31. The Hall–Kier alpha value is -2.76. The third-order valence-corrected chi connectivity index (χ3v) is 5.24. The summed E-state index contributed by atoms with van der Waals surface area (Å²) in [4.78, 5) is 24.5. The number of hydrogen-bond acceptors (Lipinski definition) is 6. The van der Waals surface area contributed by atoms with Gasteiger partial charge in [0.05, 0.1) is 5.92 Å². The minimum atomic E-state index is -0.727. The Morgan fingerprint density at radius 1 is 1.29 bits per heavy atom. The molecule has 3 atom stereocenters. The lowest BCUT2D eigenvalue weighted by Crippen LogP contribution is -2.43. The molecular formula is C22H26O6. The van der Waals surface area contributed by atoms with Crippen LogP contribution in [0.25, 0.3) is 0 Å². The van der Waals surface area contributed by atoms with Crippen molar-refractivity contribution in [3.63, 3.8) is 0 Å². The number of ether oxygens (including phenoxy) is 4. The van der Waals surface area contributed by atoms with Crippen molar-refractivity contribution in [3.05, 3.63) is 53.5 Å². The maximum Gasteiger partial charge on any atom is 0.508 e. The van der Waals surface area contributed by atoms with Crippen LogP contribution in [0.5, 0.6) is 5.75 Å². The van der Waals surface area contributed by atoms with E-state index in [9.17, 15) is 9.59 Å². The molecule has 1 saturated carbocycles. The molecule has 1 aliphatic heterocycles. The van der Waals surface area contributed by atoms with E-state index in [4.69, 9.17) is 18.9 Å². The molecular weight excluding hydrogens is 360 g/mol. The van der Waals surface area contributed by atoms with Crippen molar-refractivity contribution in [2.24, 2.45) is 5.92 Å². The first-order chi connectivity index (χ1) is 13.4. The minimum Gasteiger partial charge on any atom is -0.493 e. The number of ketones is 1. The van der Waals surface area contributed by atoms with Crippen molar-refractivity contribution in [3.8, 4) is 5.75 Å². The minimum absolute atomic E-state index is 0.0671. The predicted molar refractivity (Wildman–Crippen MR) is 103 cm³/mol. The third kappa shape index (κ3) is 4.38. The number of allylic oxidation sites excluding steroid dienone is 1. The zero-order valence-corrected chi connectivity index (χ0v) is 16.5. The molecule has 3 unspecified atom stereocenters. The van der Waals surface area contributed by atoms with E-state index in [1.165, 1.54) is 12.3 Å². The molecule has 6 nitrogen and oxygen atoms in total. The summed E-state index contributed by atoms with van der Waals surface area (Å²) < 4.78 is 21.8. The first-order valence-corrected chi connectivity index (χ1v) is 9.49. The summed E-state index contributed by atoms with van der Waals surface area (Å²) in [6, 6.07) is 4.00. The van der Waals surface area contributed by atoms with Gasteiger partial charge in [-0.25, -0.2) is 4.79 Å². The van der Waals surface area contributed by atoms with Crippen LogP contribution in [0.4, 0.5) is 4.79 Å². The Kier molecular flexibility index (Phi) is 6.07. The number of hydrogen-bond donors (Lipinski definition) is 0. The van der Waals surface area contributed by atoms with Gasteiger partial charge >= 0.3 is 6.16 Å². The lowest BCUT2D eigenvalue weighted by molar-refractivity contribution is -0.132. The monoisotopic (exact) mass is 386 g/mol. The van der Waals surface area contributed by atoms with Crippen molar-refractivity contribution in [1.82, 2.24) is 0 Å². The zero-order chi connectivity index (χ0) is 20.3. The molecule has 0 saturated heterocycles. The summed E-state index contributed by atoms with van der Waals surface area (Å²) >= 11 is 0. The third-order valence-electron chi connectivity index (χ3n) is 5.24. The summed E-state index contributed by atoms with van der Waals surface area (Å²) in [5.74, 6) is 0.526. The normalized spacial score (nSPS) is 23.8. The van der Waals surface area contributed by atoms with Crippen molar-refractivity contribution < 1.29 is 28.5 Å². The topological polar surface area (TPSA) is 71.1 Å². The molecule has 0 amide bonds. The van der Waals surface area contributed by atoms with Gasteiger partial charge in [0, 0.05) is 6.42 Å². The number of rotatable bonds is 5. The second-order valence-electron chi connectivity index (χ2n) is 7.34. The molecule has 0 radical (unpaired) electrons. The van der Waals surface area contributed by atoms with Crippen LogP contribution < -0.4 is 4.74 Å². The maximum atomic E-state index is 12.9. The van der Waals surface area contributed by atoms with Crippen molar-refractivity contribution >= 4 is 11.9 Å². The van der Waals surface area contributed by atoms with Gasteiger partial charge in [0.1, 0.15) is 30.8 Å². The Bertz CT molecular complexity index is 809. The molecule has 1 aliphatic carbocycles. The van der Waals surface area contributed by atoms with E-state index in [-0.39, 0.29) is 36.3 Å². The van der Waals surface area contributed by atoms with Crippen LogP contribution in [0, 0.1) is 26.7 Å². The van der Waals surface area contributed by atoms with E-state index in [2.05, 4.69) is 12.6 Å². The molecule has 0 N–H and O–H groups in total. The van der Waals surface area contributed by atoms with Crippen LogP contribution in [0.1, 0.15) is 36.0 Å². The van der Waals surface area contributed by atoms with Gasteiger partial charge in [0.25, 0.3) is 0 Å². The second-order valence-corrected chi connectivity index (χ2v) is 7.34. The Balaban J connectivity index is 1.65. The number of Topliss-reactive ketones (excluding diaryl/α,β-unsaturated/α-hetero) is 1. The van der Waals surface area contributed by atoms with Crippen LogP contribution in [0.3, 0.4) is 0 Å². The molecule has 1 fully saturated rings. The Morgan fingerprint density at radius 3 is 2.82 bits per heavy atom. The summed E-state index contributed by atoms with van der Waals surface area (Å²) in [6.45, 7) is 9.56. The van der Waals surface area contributed by atoms with Crippen molar-refractivity contribution in [2.45, 2.75) is 52.2 Å². The van der Waals surface area contributed by atoms with Gasteiger partial charge in [0.15, 0.2) is 0 Å². The van der Waals surface area contributed by atoms with E-state index in [0.717, 1.165) is 16.7 Å². The van der Waals surface area contributed by atoms with Gasteiger partial charge in [-0.2, -0.15) is 0 Å². The Labute approximate surface area is 165 Å². The highest BCUT2D eigenvalue weighted by molar-refractivity contribution is 5.96. The standard InChI is InChI=1S/C22H26O6/c1-5-8-25-22(24)27-16-6-7-17-19(11-16)26-12-20(21(17)23)28-18-10-13(2)9-14(3)15(18)4/h5,9-10,12,16-17,19H,1,6-8,11H2,2-4H3. The molecule has 1 aromatic carbocycles. The van der Waals surface area contributed by atoms with Crippen LogP contribution in [-0.2, 0) is 19.0 Å².